The number of nitrogens with one attached hydrogen (secondary N) is 1. The molecule has 86 valence electrons. The van der Waals surface area contributed by atoms with E-state index < -0.39 is 17.4 Å². The van der Waals surface area contributed by atoms with E-state index in [-0.39, 0.29) is 5.69 Å². The fourth-order valence-corrected chi connectivity index (χ4v) is 1.81. The molecule has 2 heterocycles. The third kappa shape index (κ3) is 1.71. The van der Waals surface area contributed by atoms with Crippen LogP contribution in [-0.4, -0.2) is 34.1 Å². The zero-order valence-corrected chi connectivity index (χ0v) is 8.51. The number of carboxylic acids is 1. The Bertz CT molecular complexity index is 470. The number of carbonyl (C=O) groups is 1. The predicted octanol–water partition coefficient (Wildman–Crippen LogP) is -0.737. The van der Waals surface area contributed by atoms with Gasteiger partial charge in [0.15, 0.2) is 5.82 Å². The largest absolute Gasteiger partial charge is 0.481 e. The summed E-state index contributed by atoms with van der Waals surface area (Å²) in [6.45, 7) is 0.896. The van der Waals surface area contributed by atoms with Gasteiger partial charge in [0.05, 0.1) is 12.2 Å². The fourth-order valence-electron chi connectivity index (χ4n) is 1.81. The third-order valence-electron chi connectivity index (χ3n) is 2.71. The number of aliphatic carboxylic acids is 1. The van der Waals surface area contributed by atoms with Crippen molar-refractivity contribution in [3.8, 4) is 0 Å². The normalized spacial score (nSPS) is 20.0. The number of hydrogen-bond acceptors (Lipinski definition) is 5. The molecule has 1 unspecified atom stereocenters. The number of nitrogens with two attached hydrogens (primary N) is 1. The summed E-state index contributed by atoms with van der Waals surface area (Å²) in [7, 11) is 0. The van der Waals surface area contributed by atoms with Gasteiger partial charge in [-0.1, -0.05) is 0 Å². The van der Waals surface area contributed by atoms with Crippen molar-refractivity contribution < 1.29 is 9.90 Å². The number of nitrogen functional groups attached to an aromatic ring is 1. The first kappa shape index (κ1) is 10.5. The number of anilines is 2. The summed E-state index contributed by atoms with van der Waals surface area (Å²) < 4.78 is 0. The van der Waals surface area contributed by atoms with Gasteiger partial charge in [0.1, 0.15) is 5.69 Å². The standard InChI is InChI=1S/C9H12N4O3/c10-6-7(11-4-12-8(6)14)13-2-1-5(3-13)9(15)16/h4-5H,1-3,10H2,(H,15,16)(H,11,12,14). The summed E-state index contributed by atoms with van der Waals surface area (Å²) >= 11 is 0. The van der Waals surface area contributed by atoms with Crippen LogP contribution in [0.15, 0.2) is 11.1 Å². The molecular formula is C9H12N4O3. The van der Waals surface area contributed by atoms with Crippen LogP contribution in [0.25, 0.3) is 0 Å². The van der Waals surface area contributed by atoms with E-state index in [0.29, 0.717) is 25.3 Å². The third-order valence-corrected chi connectivity index (χ3v) is 2.71. The highest BCUT2D eigenvalue weighted by molar-refractivity contribution is 5.73. The average molecular weight is 224 g/mol. The summed E-state index contributed by atoms with van der Waals surface area (Å²) in [5, 5.41) is 8.86. The molecule has 2 rings (SSSR count). The summed E-state index contributed by atoms with van der Waals surface area (Å²) in [6, 6.07) is 0. The van der Waals surface area contributed by atoms with E-state index in [4.69, 9.17) is 10.8 Å². The topological polar surface area (TPSA) is 112 Å². The second-order valence-electron chi connectivity index (χ2n) is 3.74. The van der Waals surface area contributed by atoms with Crippen LogP contribution in [0.3, 0.4) is 0 Å². The molecule has 0 aliphatic carbocycles. The molecule has 0 amide bonds. The second-order valence-corrected chi connectivity index (χ2v) is 3.74. The smallest absolute Gasteiger partial charge is 0.308 e. The van der Waals surface area contributed by atoms with Crippen molar-refractivity contribution in [2.75, 3.05) is 23.7 Å². The van der Waals surface area contributed by atoms with Crippen molar-refractivity contribution in [1.29, 1.82) is 0 Å². The van der Waals surface area contributed by atoms with Crippen molar-refractivity contribution in [1.82, 2.24) is 9.97 Å². The summed E-state index contributed by atoms with van der Waals surface area (Å²) in [5.74, 6) is -0.876. The van der Waals surface area contributed by atoms with Gasteiger partial charge in [-0.2, -0.15) is 0 Å². The minimum Gasteiger partial charge on any atom is -0.481 e. The maximum atomic E-state index is 11.2. The first-order valence-corrected chi connectivity index (χ1v) is 4.90. The number of hydrogen-bond donors (Lipinski definition) is 3. The molecule has 7 heteroatoms. The predicted molar refractivity (Wildman–Crippen MR) is 57.2 cm³/mol. The molecule has 1 aromatic rings. The quantitative estimate of drug-likeness (QED) is 0.610. The maximum absolute atomic E-state index is 11.2. The number of rotatable bonds is 2. The van der Waals surface area contributed by atoms with Crippen molar-refractivity contribution in [3.05, 3.63) is 16.7 Å². The lowest BCUT2D eigenvalue weighted by atomic mass is 10.1. The van der Waals surface area contributed by atoms with Crippen LogP contribution in [0.2, 0.25) is 0 Å². The lowest BCUT2D eigenvalue weighted by Crippen LogP contribution is -2.27. The zero-order valence-electron chi connectivity index (χ0n) is 8.51. The van der Waals surface area contributed by atoms with Crippen LogP contribution in [0, 0.1) is 5.92 Å². The van der Waals surface area contributed by atoms with Crippen molar-refractivity contribution in [2.45, 2.75) is 6.42 Å². The van der Waals surface area contributed by atoms with Gasteiger partial charge >= 0.3 is 5.97 Å². The zero-order chi connectivity index (χ0) is 11.7. The van der Waals surface area contributed by atoms with Gasteiger partial charge in [0, 0.05) is 13.1 Å². The molecular weight excluding hydrogens is 212 g/mol. The minimum atomic E-state index is -0.828. The number of carboxylic acid groups (broad SMARTS) is 1. The first-order chi connectivity index (χ1) is 7.59. The molecule has 0 bridgehead atoms. The molecule has 1 fully saturated rings. The Hall–Kier alpha value is -2.05. The highest BCUT2D eigenvalue weighted by Crippen LogP contribution is 2.24. The molecule has 1 aromatic heterocycles. The van der Waals surface area contributed by atoms with Gasteiger partial charge in [0.2, 0.25) is 0 Å². The van der Waals surface area contributed by atoms with Crippen LogP contribution in [0.4, 0.5) is 11.5 Å². The lowest BCUT2D eigenvalue weighted by Gasteiger charge is -2.17. The van der Waals surface area contributed by atoms with Gasteiger partial charge in [0.25, 0.3) is 5.56 Å². The van der Waals surface area contributed by atoms with E-state index in [1.807, 2.05) is 0 Å². The Kier molecular flexibility index (Phi) is 2.51. The number of nitrogens with zero attached hydrogens (tertiary/aromatic N) is 2. The second kappa shape index (κ2) is 3.84. The van der Waals surface area contributed by atoms with E-state index in [9.17, 15) is 9.59 Å². The van der Waals surface area contributed by atoms with E-state index in [1.54, 1.807) is 4.90 Å². The highest BCUT2D eigenvalue weighted by Gasteiger charge is 2.29. The van der Waals surface area contributed by atoms with E-state index in [1.165, 1.54) is 6.33 Å². The van der Waals surface area contributed by atoms with Crippen LogP contribution < -0.4 is 16.2 Å². The summed E-state index contributed by atoms with van der Waals surface area (Å²) in [6.07, 6.45) is 1.81. The Morgan fingerprint density at radius 1 is 1.69 bits per heavy atom. The van der Waals surface area contributed by atoms with Crippen LogP contribution >= 0.6 is 0 Å². The van der Waals surface area contributed by atoms with Gasteiger partial charge in [-0.3, -0.25) is 9.59 Å². The fraction of sp³-hybridized carbons (Fsp3) is 0.444. The van der Waals surface area contributed by atoms with Gasteiger partial charge in [-0.05, 0) is 6.42 Å². The van der Waals surface area contributed by atoms with Crippen molar-refractivity contribution in [2.24, 2.45) is 5.92 Å². The highest BCUT2D eigenvalue weighted by atomic mass is 16.4. The SMILES string of the molecule is Nc1c(N2CCC(C(=O)O)C2)nc[nH]c1=O. The van der Waals surface area contributed by atoms with Gasteiger partial charge in [-0.25, -0.2) is 4.98 Å². The Morgan fingerprint density at radius 2 is 2.44 bits per heavy atom. The molecule has 4 N–H and O–H groups in total. The first-order valence-electron chi connectivity index (χ1n) is 4.90. The van der Waals surface area contributed by atoms with Crippen molar-refractivity contribution in [3.63, 3.8) is 0 Å². The molecule has 1 atom stereocenters. The summed E-state index contributed by atoms with van der Waals surface area (Å²) in [5.41, 5.74) is 5.23. The maximum Gasteiger partial charge on any atom is 0.308 e. The number of H-pyrrole nitrogens is 1. The number of aromatic amines is 1. The molecule has 0 aromatic carbocycles. The lowest BCUT2D eigenvalue weighted by molar-refractivity contribution is -0.140. The molecule has 1 saturated heterocycles. The molecule has 7 nitrogen and oxygen atoms in total. The Balaban J connectivity index is 2.24. The molecule has 0 spiro atoms. The van der Waals surface area contributed by atoms with E-state index in [0.717, 1.165) is 0 Å². The molecule has 16 heavy (non-hydrogen) atoms. The van der Waals surface area contributed by atoms with Crippen LogP contribution in [0.5, 0.6) is 0 Å². The monoisotopic (exact) mass is 224 g/mol. The van der Waals surface area contributed by atoms with Crippen LogP contribution in [0.1, 0.15) is 6.42 Å². The molecule has 0 saturated carbocycles. The number of aromatic nitrogens is 2. The van der Waals surface area contributed by atoms with E-state index >= 15 is 0 Å². The molecule has 0 radical (unpaired) electrons. The average Bonchev–Trinajstić information content (AvgIpc) is 2.71. The Morgan fingerprint density at radius 3 is 3.06 bits per heavy atom. The minimum absolute atomic E-state index is 0.0357. The molecule has 1 aliphatic heterocycles. The van der Waals surface area contributed by atoms with Gasteiger partial charge in [-0.15, -0.1) is 0 Å². The van der Waals surface area contributed by atoms with Crippen LogP contribution in [-0.2, 0) is 4.79 Å². The van der Waals surface area contributed by atoms with Crippen molar-refractivity contribution >= 4 is 17.5 Å². The summed E-state index contributed by atoms with van der Waals surface area (Å²) in [4.78, 5) is 30.1. The van der Waals surface area contributed by atoms with E-state index in [2.05, 4.69) is 9.97 Å². The molecule has 1 aliphatic rings. The van der Waals surface area contributed by atoms with Gasteiger partial charge < -0.3 is 20.7 Å². The Labute approximate surface area is 90.9 Å².